The van der Waals surface area contributed by atoms with Gasteiger partial charge < -0.3 is 19.5 Å². The largest absolute Gasteiger partial charge is 0.437 e. The first-order valence-electron chi connectivity index (χ1n) is 11.4. The molecular formula is C23H25N7O4S. The van der Waals surface area contributed by atoms with Gasteiger partial charge in [-0.15, -0.1) is 5.10 Å². The Labute approximate surface area is 205 Å². The number of aromatic nitrogens is 4. The number of nitrogens with zero attached hydrogens (tertiary/aromatic N) is 6. The second kappa shape index (κ2) is 9.53. The zero-order valence-corrected chi connectivity index (χ0v) is 20.2. The maximum atomic E-state index is 13.6. The van der Waals surface area contributed by atoms with E-state index in [1.54, 1.807) is 29.3 Å². The fraction of sp³-hybridized carbons (Fsp3) is 0.391. The molecule has 35 heavy (non-hydrogen) atoms. The monoisotopic (exact) mass is 495 g/mol. The fourth-order valence-electron chi connectivity index (χ4n) is 4.50. The van der Waals surface area contributed by atoms with E-state index in [0.29, 0.717) is 34.3 Å². The zero-order valence-electron chi connectivity index (χ0n) is 19.4. The number of hydrogen-bond donors (Lipinski definition) is 1. The summed E-state index contributed by atoms with van der Waals surface area (Å²) in [6, 6.07) is 7.38. The summed E-state index contributed by atoms with van der Waals surface area (Å²) in [5, 5.41) is 7.53. The number of anilines is 2. The van der Waals surface area contributed by atoms with Crippen LogP contribution in [0, 0.1) is 0 Å². The molecule has 11 nitrogen and oxygen atoms in total. The van der Waals surface area contributed by atoms with E-state index in [-0.39, 0.29) is 36.8 Å². The van der Waals surface area contributed by atoms with Gasteiger partial charge in [-0.2, -0.15) is 4.68 Å². The normalized spacial score (nSPS) is 17.2. The summed E-state index contributed by atoms with van der Waals surface area (Å²) >= 11 is 1.45. The lowest BCUT2D eigenvalue weighted by molar-refractivity contribution is -0.119. The van der Waals surface area contributed by atoms with E-state index in [9.17, 15) is 14.4 Å². The highest BCUT2D eigenvalue weighted by molar-refractivity contribution is 7.98. The lowest BCUT2D eigenvalue weighted by Crippen LogP contribution is -2.39. The molecule has 1 N–H and O–H groups in total. The van der Waals surface area contributed by atoms with Crippen molar-refractivity contribution in [3.63, 3.8) is 0 Å². The molecule has 1 unspecified atom stereocenters. The zero-order chi connectivity index (χ0) is 24.5. The van der Waals surface area contributed by atoms with Crippen LogP contribution in [0.3, 0.4) is 0 Å². The number of carbonyl (C=O) groups is 2. The molecule has 182 valence electrons. The van der Waals surface area contributed by atoms with Crippen LogP contribution < -0.4 is 20.9 Å². The number of hydrogen-bond acceptors (Lipinski definition) is 9. The van der Waals surface area contributed by atoms with Gasteiger partial charge in [0.2, 0.25) is 11.8 Å². The number of benzene rings is 1. The number of nitrogens with one attached hydrogen (secondary N) is 1. The predicted octanol–water partition coefficient (Wildman–Crippen LogP) is 1.78. The maximum Gasteiger partial charge on any atom is 0.437 e. The third-order valence-corrected chi connectivity index (χ3v) is 6.72. The van der Waals surface area contributed by atoms with E-state index in [1.165, 1.54) is 23.4 Å². The Balaban J connectivity index is 1.46. The minimum absolute atomic E-state index is 0.151. The standard InChI is InChI=1S/C23H25N7O4S/c1-14(31)24-8-10-30-23(33)34-20(27-30)15-5-3-6-16(11-15)29-13-17-7-4-9-28(17)19-18(21(29)32)12-25-22(26-19)35-2/h3,5-6,11-12,17H,4,7-10,13H2,1-2H3,(H,24,31). The number of rotatable bonds is 6. The molecule has 1 saturated heterocycles. The fourth-order valence-corrected chi connectivity index (χ4v) is 4.84. The molecule has 0 spiro atoms. The Kier molecular flexibility index (Phi) is 6.29. The van der Waals surface area contributed by atoms with Gasteiger partial charge in [-0.25, -0.2) is 14.8 Å². The van der Waals surface area contributed by atoms with Gasteiger partial charge in [-0.05, 0) is 37.3 Å². The molecule has 0 radical (unpaired) electrons. The van der Waals surface area contributed by atoms with Gasteiger partial charge in [0.25, 0.3) is 5.91 Å². The van der Waals surface area contributed by atoms with Crippen molar-refractivity contribution in [2.75, 3.05) is 35.7 Å². The van der Waals surface area contributed by atoms with E-state index in [1.807, 2.05) is 12.3 Å². The molecule has 12 heteroatoms. The summed E-state index contributed by atoms with van der Waals surface area (Å²) in [6.45, 7) is 3.23. The van der Waals surface area contributed by atoms with Crippen molar-refractivity contribution < 1.29 is 14.0 Å². The first-order chi connectivity index (χ1) is 16.9. The SMILES string of the molecule is CSc1ncc2c(n1)N1CCCC1CN(c1cccc(-c3nn(CCNC(C)=O)c(=O)o3)c1)C2=O. The van der Waals surface area contributed by atoms with E-state index < -0.39 is 5.76 Å². The summed E-state index contributed by atoms with van der Waals surface area (Å²) in [5.74, 6) is -0.119. The van der Waals surface area contributed by atoms with Gasteiger partial charge in [0.1, 0.15) is 11.4 Å². The van der Waals surface area contributed by atoms with Crippen molar-refractivity contribution in [1.29, 1.82) is 0 Å². The van der Waals surface area contributed by atoms with Crippen LogP contribution >= 0.6 is 11.8 Å². The minimum atomic E-state index is -0.612. The molecule has 2 aromatic heterocycles. The number of carbonyl (C=O) groups excluding carboxylic acids is 2. The number of thioether (sulfide) groups is 1. The first-order valence-corrected chi connectivity index (χ1v) is 12.6. The summed E-state index contributed by atoms with van der Waals surface area (Å²) in [5.41, 5.74) is 1.73. The van der Waals surface area contributed by atoms with E-state index in [2.05, 4.69) is 25.3 Å². The second-order valence-corrected chi connectivity index (χ2v) is 9.20. The molecule has 1 aromatic carbocycles. The lowest BCUT2D eigenvalue weighted by atomic mass is 10.1. The molecule has 0 aliphatic carbocycles. The molecule has 2 aliphatic rings. The maximum absolute atomic E-state index is 13.6. The summed E-state index contributed by atoms with van der Waals surface area (Å²) in [4.78, 5) is 49.9. The molecule has 1 fully saturated rings. The van der Waals surface area contributed by atoms with Crippen molar-refractivity contribution >= 4 is 35.1 Å². The van der Waals surface area contributed by atoms with E-state index in [4.69, 9.17) is 4.42 Å². The van der Waals surface area contributed by atoms with Crippen LogP contribution in [-0.2, 0) is 11.3 Å². The van der Waals surface area contributed by atoms with Crippen molar-refractivity contribution in [3.05, 3.63) is 46.6 Å². The van der Waals surface area contributed by atoms with Gasteiger partial charge in [-0.1, -0.05) is 17.8 Å². The van der Waals surface area contributed by atoms with Crippen LogP contribution in [0.25, 0.3) is 11.5 Å². The number of amides is 2. The minimum Gasteiger partial charge on any atom is -0.388 e. The molecule has 2 amide bonds. The summed E-state index contributed by atoms with van der Waals surface area (Å²) < 4.78 is 6.52. The van der Waals surface area contributed by atoms with Gasteiger partial charge in [-0.3, -0.25) is 9.59 Å². The van der Waals surface area contributed by atoms with Gasteiger partial charge in [0.05, 0.1) is 6.54 Å². The summed E-state index contributed by atoms with van der Waals surface area (Å²) in [7, 11) is 0. The van der Waals surface area contributed by atoms with Crippen LogP contribution in [0.1, 0.15) is 30.1 Å². The molecule has 4 heterocycles. The van der Waals surface area contributed by atoms with Gasteiger partial charge in [0, 0.05) is 50.0 Å². The molecule has 3 aromatic rings. The highest BCUT2D eigenvalue weighted by atomic mass is 32.2. The third-order valence-electron chi connectivity index (χ3n) is 6.16. The Hall–Kier alpha value is -3.67. The molecule has 2 aliphatic heterocycles. The average molecular weight is 496 g/mol. The highest BCUT2D eigenvalue weighted by Crippen LogP contribution is 2.35. The average Bonchev–Trinajstić information content (AvgIpc) is 3.45. The first kappa shape index (κ1) is 23.1. The molecule has 0 saturated carbocycles. The second-order valence-electron chi connectivity index (χ2n) is 8.43. The lowest BCUT2D eigenvalue weighted by Gasteiger charge is -2.27. The quantitative estimate of drug-likeness (QED) is 0.402. The van der Waals surface area contributed by atoms with E-state index in [0.717, 1.165) is 19.4 Å². The highest BCUT2D eigenvalue weighted by Gasteiger charge is 2.37. The molecular weight excluding hydrogens is 470 g/mol. The van der Waals surface area contributed by atoms with Crippen LogP contribution in [-0.4, -0.2) is 63.5 Å². The van der Waals surface area contributed by atoms with Crippen LogP contribution in [0.2, 0.25) is 0 Å². The van der Waals surface area contributed by atoms with Crippen molar-refractivity contribution in [2.45, 2.75) is 37.5 Å². The Morgan fingerprint density at radius 2 is 2.17 bits per heavy atom. The third kappa shape index (κ3) is 4.53. The number of fused-ring (bicyclic) bond motifs is 3. The van der Waals surface area contributed by atoms with Gasteiger partial charge >= 0.3 is 5.76 Å². The summed E-state index contributed by atoms with van der Waals surface area (Å²) in [6.07, 6.45) is 5.53. The van der Waals surface area contributed by atoms with Crippen molar-refractivity contribution in [3.8, 4) is 11.5 Å². The van der Waals surface area contributed by atoms with Crippen LogP contribution in [0.5, 0.6) is 0 Å². The van der Waals surface area contributed by atoms with Gasteiger partial charge in [0.15, 0.2) is 5.16 Å². The van der Waals surface area contributed by atoms with E-state index >= 15 is 0 Å². The predicted molar refractivity (Wildman–Crippen MR) is 131 cm³/mol. The van der Waals surface area contributed by atoms with Crippen LogP contribution in [0.4, 0.5) is 11.5 Å². The smallest absolute Gasteiger partial charge is 0.388 e. The van der Waals surface area contributed by atoms with Crippen molar-refractivity contribution in [2.24, 2.45) is 0 Å². The molecule has 5 rings (SSSR count). The van der Waals surface area contributed by atoms with Crippen molar-refractivity contribution in [1.82, 2.24) is 25.1 Å². The molecule has 0 bridgehead atoms. The Morgan fingerprint density at radius 1 is 1.31 bits per heavy atom. The molecule has 1 atom stereocenters. The Bertz CT molecular complexity index is 1340. The van der Waals surface area contributed by atoms with Crippen LogP contribution in [0.15, 0.2) is 44.8 Å². The topological polar surface area (TPSA) is 126 Å². The Morgan fingerprint density at radius 3 is 2.97 bits per heavy atom.